The Morgan fingerprint density at radius 1 is 1.29 bits per heavy atom. The van der Waals surface area contributed by atoms with Crippen LogP contribution in [0.1, 0.15) is 29.7 Å². The third kappa shape index (κ3) is 2.34. The quantitative estimate of drug-likeness (QED) is 0.769. The summed E-state index contributed by atoms with van der Waals surface area (Å²) < 4.78 is 0. The summed E-state index contributed by atoms with van der Waals surface area (Å²) in [7, 11) is 1.86. The average Bonchev–Trinajstić information content (AvgIpc) is 2.15. The van der Waals surface area contributed by atoms with Gasteiger partial charge >= 0.3 is 0 Å². The molecule has 2 unspecified atom stereocenters. The summed E-state index contributed by atoms with van der Waals surface area (Å²) in [5, 5.41) is 13.1. The van der Waals surface area contributed by atoms with E-state index >= 15 is 0 Å². The van der Waals surface area contributed by atoms with Crippen molar-refractivity contribution in [3.8, 4) is 0 Å². The highest BCUT2D eigenvalue weighted by Gasteiger charge is 2.15. The van der Waals surface area contributed by atoms with Gasteiger partial charge in [0.05, 0.1) is 6.10 Å². The van der Waals surface area contributed by atoms with Crippen LogP contribution >= 0.6 is 0 Å². The lowest BCUT2D eigenvalue weighted by Gasteiger charge is -2.20. The molecule has 78 valence electrons. The van der Waals surface area contributed by atoms with E-state index < -0.39 is 6.10 Å². The molecule has 2 nitrogen and oxygen atoms in total. The van der Waals surface area contributed by atoms with E-state index in [2.05, 4.69) is 18.3 Å². The van der Waals surface area contributed by atoms with Gasteiger partial charge in [0.15, 0.2) is 0 Å². The van der Waals surface area contributed by atoms with E-state index in [-0.39, 0.29) is 6.04 Å². The fourth-order valence-electron chi connectivity index (χ4n) is 1.58. The Hall–Kier alpha value is -0.860. The van der Waals surface area contributed by atoms with Crippen molar-refractivity contribution in [2.45, 2.75) is 32.9 Å². The van der Waals surface area contributed by atoms with E-state index in [0.717, 1.165) is 11.1 Å². The zero-order chi connectivity index (χ0) is 10.7. The molecule has 2 N–H and O–H groups in total. The van der Waals surface area contributed by atoms with Gasteiger partial charge in [0, 0.05) is 6.04 Å². The zero-order valence-corrected chi connectivity index (χ0v) is 9.33. The van der Waals surface area contributed by atoms with Gasteiger partial charge in [-0.15, -0.1) is 0 Å². The van der Waals surface area contributed by atoms with E-state index in [4.69, 9.17) is 0 Å². The van der Waals surface area contributed by atoms with Crippen LogP contribution in [0.5, 0.6) is 0 Å². The zero-order valence-electron chi connectivity index (χ0n) is 9.33. The van der Waals surface area contributed by atoms with Gasteiger partial charge in [0.25, 0.3) is 0 Å². The van der Waals surface area contributed by atoms with E-state index in [1.807, 2.05) is 33.0 Å². The monoisotopic (exact) mass is 193 g/mol. The van der Waals surface area contributed by atoms with Crippen molar-refractivity contribution in [3.05, 3.63) is 34.9 Å². The Morgan fingerprint density at radius 2 is 1.93 bits per heavy atom. The van der Waals surface area contributed by atoms with Crippen LogP contribution in [0.3, 0.4) is 0 Å². The van der Waals surface area contributed by atoms with E-state index in [9.17, 15) is 5.11 Å². The number of aliphatic hydroxyl groups excluding tert-OH is 1. The molecule has 0 amide bonds. The van der Waals surface area contributed by atoms with Crippen LogP contribution in [0.15, 0.2) is 18.2 Å². The highest BCUT2D eigenvalue weighted by Crippen LogP contribution is 2.21. The summed E-state index contributed by atoms with van der Waals surface area (Å²) >= 11 is 0. The first-order chi connectivity index (χ1) is 6.56. The van der Waals surface area contributed by atoms with Crippen LogP contribution in [-0.2, 0) is 0 Å². The molecule has 0 aliphatic carbocycles. The molecule has 1 aromatic carbocycles. The van der Waals surface area contributed by atoms with Gasteiger partial charge in [0.1, 0.15) is 0 Å². The van der Waals surface area contributed by atoms with Gasteiger partial charge in [-0.3, -0.25) is 0 Å². The van der Waals surface area contributed by atoms with Gasteiger partial charge in [-0.25, -0.2) is 0 Å². The van der Waals surface area contributed by atoms with Gasteiger partial charge in [0.2, 0.25) is 0 Å². The SMILES string of the molecule is CNC(C)C(O)c1ccc(C)cc1C. The first kappa shape index (κ1) is 11.2. The first-order valence-electron chi connectivity index (χ1n) is 4.98. The van der Waals surface area contributed by atoms with Crippen molar-refractivity contribution < 1.29 is 5.11 Å². The lowest BCUT2D eigenvalue weighted by atomic mass is 9.97. The highest BCUT2D eigenvalue weighted by molar-refractivity contribution is 5.32. The van der Waals surface area contributed by atoms with Crippen molar-refractivity contribution in [2.24, 2.45) is 0 Å². The number of likely N-dealkylation sites (N-methyl/N-ethyl adjacent to an activating group) is 1. The summed E-state index contributed by atoms with van der Waals surface area (Å²) in [4.78, 5) is 0. The van der Waals surface area contributed by atoms with Crippen LogP contribution in [0.25, 0.3) is 0 Å². The normalized spacial score (nSPS) is 15.2. The Bertz CT molecular complexity index is 309. The molecule has 1 rings (SSSR count). The summed E-state index contributed by atoms with van der Waals surface area (Å²) in [6.45, 7) is 6.07. The maximum Gasteiger partial charge on any atom is 0.0942 e. The third-order valence-electron chi connectivity index (χ3n) is 2.67. The fourth-order valence-corrected chi connectivity index (χ4v) is 1.58. The number of nitrogens with one attached hydrogen (secondary N) is 1. The minimum absolute atomic E-state index is 0.0800. The standard InChI is InChI=1S/C12H19NO/c1-8-5-6-11(9(2)7-8)12(14)10(3)13-4/h5-7,10,12-14H,1-4H3. The van der Waals surface area contributed by atoms with E-state index in [0.29, 0.717) is 0 Å². The van der Waals surface area contributed by atoms with Crippen LogP contribution in [0.4, 0.5) is 0 Å². The second-order valence-electron chi connectivity index (χ2n) is 3.88. The molecular formula is C12H19NO. The van der Waals surface area contributed by atoms with Gasteiger partial charge in [-0.2, -0.15) is 0 Å². The number of aliphatic hydroxyl groups is 1. The van der Waals surface area contributed by atoms with E-state index in [1.165, 1.54) is 5.56 Å². The Balaban J connectivity index is 2.95. The Labute approximate surface area is 86.0 Å². The predicted molar refractivity (Wildman–Crippen MR) is 59.4 cm³/mol. The van der Waals surface area contributed by atoms with Crippen molar-refractivity contribution in [2.75, 3.05) is 7.05 Å². The van der Waals surface area contributed by atoms with Crippen molar-refractivity contribution in [3.63, 3.8) is 0 Å². The highest BCUT2D eigenvalue weighted by atomic mass is 16.3. The average molecular weight is 193 g/mol. The minimum atomic E-state index is -0.430. The molecule has 0 spiro atoms. The number of hydrogen-bond acceptors (Lipinski definition) is 2. The molecule has 0 aliphatic rings. The number of hydrogen-bond donors (Lipinski definition) is 2. The lowest BCUT2D eigenvalue weighted by Crippen LogP contribution is -2.29. The minimum Gasteiger partial charge on any atom is -0.387 e. The second-order valence-corrected chi connectivity index (χ2v) is 3.88. The predicted octanol–water partition coefficient (Wildman–Crippen LogP) is 1.94. The first-order valence-corrected chi connectivity index (χ1v) is 4.98. The molecule has 0 radical (unpaired) electrons. The topological polar surface area (TPSA) is 32.3 Å². The van der Waals surface area contributed by atoms with Crippen LogP contribution in [0, 0.1) is 13.8 Å². The summed E-state index contributed by atoms with van der Waals surface area (Å²) in [5.74, 6) is 0. The van der Waals surface area contributed by atoms with Gasteiger partial charge in [-0.1, -0.05) is 23.8 Å². The summed E-state index contributed by atoms with van der Waals surface area (Å²) in [6, 6.07) is 6.22. The maximum absolute atomic E-state index is 10.00. The maximum atomic E-state index is 10.00. The number of benzene rings is 1. The molecule has 2 heteroatoms. The molecule has 0 heterocycles. The van der Waals surface area contributed by atoms with Crippen LogP contribution < -0.4 is 5.32 Å². The Kier molecular flexibility index (Phi) is 3.67. The molecule has 2 atom stereocenters. The lowest BCUT2D eigenvalue weighted by molar-refractivity contribution is 0.139. The molecule has 0 saturated heterocycles. The van der Waals surface area contributed by atoms with Crippen LogP contribution in [-0.4, -0.2) is 18.2 Å². The molecule has 0 aromatic heterocycles. The largest absolute Gasteiger partial charge is 0.387 e. The Morgan fingerprint density at radius 3 is 2.43 bits per heavy atom. The fraction of sp³-hybridized carbons (Fsp3) is 0.500. The smallest absolute Gasteiger partial charge is 0.0942 e. The number of rotatable bonds is 3. The molecule has 0 aliphatic heterocycles. The van der Waals surface area contributed by atoms with Gasteiger partial charge < -0.3 is 10.4 Å². The third-order valence-corrected chi connectivity index (χ3v) is 2.67. The van der Waals surface area contributed by atoms with Crippen molar-refractivity contribution in [1.82, 2.24) is 5.32 Å². The summed E-state index contributed by atoms with van der Waals surface area (Å²) in [6.07, 6.45) is -0.430. The van der Waals surface area contributed by atoms with Crippen LogP contribution in [0.2, 0.25) is 0 Å². The molecule has 0 saturated carbocycles. The number of aryl methyl sites for hydroxylation is 2. The summed E-state index contributed by atoms with van der Waals surface area (Å²) in [5.41, 5.74) is 3.40. The molecular weight excluding hydrogens is 174 g/mol. The van der Waals surface area contributed by atoms with E-state index in [1.54, 1.807) is 0 Å². The molecule has 1 aromatic rings. The van der Waals surface area contributed by atoms with Crippen molar-refractivity contribution >= 4 is 0 Å². The van der Waals surface area contributed by atoms with Gasteiger partial charge in [-0.05, 0) is 38.9 Å². The second kappa shape index (κ2) is 4.58. The molecule has 0 fully saturated rings. The molecule has 14 heavy (non-hydrogen) atoms. The molecule has 0 bridgehead atoms. The van der Waals surface area contributed by atoms with Crippen molar-refractivity contribution in [1.29, 1.82) is 0 Å².